The van der Waals surface area contributed by atoms with Gasteiger partial charge in [0.25, 0.3) is 0 Å². The minimum Gasteiger partial charge on any atom is -0.478 e. The van der Waals surface area contributed by atoms with Crippen molar-refractivity contribution in [2.45, 2.75) is 25.3 Å². The number of halogens is 2. The highest BCUT2D eigenvalue weighted by Crippen LogP contribution is 2.28. The van der Waals surface area contributed by atoms with Crippen molar-refractivity contribution >= 4 is 33.5 Å². The van der Waals surface area contributed by atoms with Crippen LogP contribution in [-0.2, 0) is 10.1 Å². The molecule has 17 heavy (non-hydrogen) atoms. The molecule has 0 fully saturated rings. The Bertz CT molecular complexity index is 407. The van der Waals surface area contributed by atoms with Crippen molar-refractivity contribution in [3.8, 4) is 5.75 Å². The standard InChI is InChI=1S/C12H14BrClO3/c1-7(2)11(12(15)16)17-10-5-8(6-13)3-4-9(10)14/h3-5,7,11H,6H2,1-2H3,(H,15,16)/t11-/m0/s1. The van der Waals surface area contributed by atoms with E-state index in [1.165, 1.54) is 0 Å². The van der Waals surface area contributed by atoms with Gasteiger partial charge in [0.15, 0.2) is 6.10 Å². The average Bonchev–Trinajstić information content (AvgIpc) is 2.27. The van der Waals surface area contributed by atoms with E-state index in [1.807, 2.05) is 6.07 Å². The number of carboxylic acid groups (broad SMARTS) is 1. The van der Waals surface area contributed by atoms with Gasteiger partial charge in [-0.05, 0) is 17.7 Å². The lowest BCUT2D eigenvalue weighted by atomic mass is 10.1. The molecular formula is C12H14BrClO3. The number of benzene rings is 1. The highest BCUT2D eigenvalue weighted by Gasteiger charge is 2.24. The van der Waals surface area contributed by atoms with E-state index in [-0.39, 0.29) is 5.92 Å². The van der Waals surface area contributed by atoms with Crippen LogP contribution in [0.4, 0.5) is 0 Å². The Labute approximate surface area is 114 Å². The molecule has 0 heterocycles. The van der Waals surface area contributed by atoms with Crippen LogP contribution in [0.3, 0.4) is 0 Å². The summed E-state index contributed by atoms with van der Waals surface area (Å²) in [6.45, 7) is 3.59. The Balaban J connectivity index is 2.96. The molecule has 0 saturated heterocycles. The van der Waals surface area contributed by atoms with Gasteiger partial charge < -0.3 is 9.84 Å². The van der Waals surface area contributed by atoms with Crippen LogP contribution in [0.25, 0.3) is 0 Å². The summed E-state index contributed by atoms with van der Waals surface area (Å²) in [4.78, 5) is 11.0. The maximum Gasteiger partial charge on any atom is 0.345 e. The maximum absolute atomic E-state index is 11.0. The van der Waals surface area contributed by atoms with Gasteiger partial charge in [0.2, 0.25) is 0 Å². The van der Waals surface area contributed by atoms with Crippen LogP contribution in [0.15, 0.2) is 18.2 Å². The second-order valence-corrected chi connectivity index (χ2v) is 4.99. The zero-order chi connectivity index (χ0) is 13.0. The lowest BCUT2D eigenvalue weighted by Gasteiger charge is -2.19. The molecule has 0 aromatic heterocycles. The van der Waals surface area contributed by atoms with Gasteiger partial charge in [-0.25, -0.2) is 4.79 Å². The van der Waals surface area contributed by atoms with E-state index in [4.69, 9.17) is 21.4 Å². The molecule has 0 aliphatic heterocycles. The molecule has 0 radical (unpaired) electrons. The fraction of sp³-hybridized carbons (Fsp3) is 0.417. The van der Waals surface area contributed by atoms with Crippen LogP contribution in [0.1, 0.15) is 19.4 Å². The molecule has 94 valence electrons. The van der Waals surface area contributed by atoms with Crippen molar-refractivity contribution in [1.29, 1.82) is 0 Å². The smallest absolute Gasteiger partial charge is 0.345 e. The molecule has 1 aromatic carbocycles. The fourth-order valence-electron chi connectivity index (χ4n) is 1.33. The van der Waals surface area contributed by atoms with E-state index >= 15 is 0 Å². The lowest BCUT2D eigenvalue weighted by Crippen LogP contribution is -2.32. The SMILES string of the molecule is CC(C)[C@H](Oc1cc(CBr)ccc1Cl)C(=O)O. The van der Waals surface area contributed by atoms with Gasteiger partial charge >= 0.3 is 5.97 Å². The normalized spacial score (nSPS) is 12.5. The van der Waals surface area contributed by atoms with E-state index in [2.05, 4.69) is 15.9 Å². The number of alkyl halides is 1. The van der Waals surface area contributed by atoms with Crippen molar-refractivity contribution in [2.24, 2.45) is 5.92 Å². The summed E-state index contributed by atoms with van der Waals surface area (Å²) in [6, 6.07) is 5.30. The molecule has 1 atom stereocenters. The van der Waals surface area contributed by atoms with E-state index in [0.29, 0.717) is 16.1 Å². The second-order valence-electron chi connectivity index (χ2n) is 4.02. The number of hydrogen-bond acceptors (Lipinski definition) is 2. The maximum atomic E-state index is 11.0. The molecule has 1 aromatic rings. The minimum absolute atomic E-state index is 0.129. The molecular weight excluding hydrogens is 307 g/mol. The quantitative estimate of drug-likeness (QED) is 0.841. The third-order valence-corrected chi connectivity index (χ3v) is 3.21. The Morgan fingerprint density at radius 1 is 1.53 bits per heavy atom. The summed E-state index contributed by atoms with van der Waals surface area (Å²) in [5.41, 5.74) is 0.984. The number of aliphatic carboxylic acids is 1. The topological polar surface area (TPSA) is 46.5 Å². The van der Waals surface area contributed by atoms with E-state index in [1.54, 1.807) is 26.0 Å². The zero-order valence-corrected chi connectivity index (χ0v) is 12.0. The molecule has 1 rings (SSSR count). The molecule has 1 N–H and O–H groups in total. The first-order valence-electron chi connectivity index (χ1n) is 5.19. The third-order valence-electron chi connectivity index (χ3n) is 2.25. The summed E-state index contributed by atoms with van der Waals surface area (Å²) in [6.07, 6.45) is -0.891. The molecule has 0 saturated carbocycles. The Kier molecular flexibility index (Phi) is 5.28. The lowest BCUT2D eigenvalue weighted by molar-refractivity contribution is -0.147. The summed E-state index contributed by atoms with van der Waals surface area (Å²) in [7, 11) is 0. The van der Waals surface area contributed by atoms with Crippen LogP contribution in [0.2, 0.25) is 5.02 Å². The van der Waals surface area contributed by atoms with Crippen molar-refractivity contribution in [1.82, 2.24) is 0 Å². The van der Waals surface area contributed by atoms with E-state index in [9.17, 15) is 4.79 Å². The highest BCUT2D eigenvalue weighted by atomic mass is 79.9. The summed E-state index contributed by atoms with van der Waals surface area (Å²) >= 11 is 9.30. The molecule has 0 unspecified atom stereocenters. The number of carboxylic acids is 1. The fourth-order valence-corrected chi connectivity index (χ4v) is 1.84. The van der Waals surface area contributed by atoms with Gasteiger partial charge in [-0.15, -0.1) is 0 Å². The first-order chi connectivity index (χ1) is 7.95. The van der Waals surface area contributed by atoms with Crippen molar-refractivity contribution in [3.63, 3.8) is 0 Å². The monoisotopic (exact) mass is 320 g/mol. The zero-order valence-electron chi connectivity index (χ0n) is 9.61. The summed E-state index contributed by atoms with van der Waals surface area (Å²) in [5.74, 6) is -0.707. The van der Waals surface area contributed by atoms with Crippen LogP contribution >= 0.6 is 27.5 Å². The van der Waals surface area contributed by atoms with E-state index in [0.717, 1.165) is 5.56 Å². The molecule has 0 bridgehead atoms. The first-order valence-corrected chi connectivity index (χ1v) is 6.69. The Morgan fingerprint density at radius 3 is 2.65 bits per heavy atom. The molecule has 0 spiro atoms. The first kappa shape index (κ1) is 14.3. The van der Waals surface area contributed by atoms with Gasteiger partial charge in [0.1, 0.15) is 5.75 Å². The van der Waals surface area contributed by atoms with Crippen LogP contribution in [0, 0.1) is 5.92 Å². The minimum atomic E-state index is -0.986. The average molecular weight is 322 g/mol. The molecule has 0 aliphatic carbocycles. The van der Waals surface area contributed by atoms with Crippen LogP contribution in [0.5, 0.6) is 5.75 Å². The van der Waals surface area contributed by atoms with Gasteiger partial charge in [-0.2, -0.15) is 0 Å². The summed E-state index contributed by atoms with van der Waals surface area (Å²) in [5, 5.41) is 10.1. The van der Waals surface area contributed by atoms with Gasteiger partial charge in [-0.1, -0.05) is 47.4 Å². The number of hydrogen-bond donors (Lipinski definition) is 1. The second kappa shape index (κ2) is 6.26. The highest BCUT2D eigenvalue weighted by molar-refractivity contribution is 9.08. The van der Waals surface area contributed by atoms with Gasteiger partial charge in [0, 0.05) is 11.2 Å². The van der Waals surface area contributed by atoms with Crippen molar-refractivity contribution in [2.75, 3.05) is 0 Å². The van der Waals surface area contributed by atoms with Gasteiger partial charge in [0.05, 0.1) is 5.02 Å². The molecule has 0 amide bonds. The summed E-state index contributed by atoms with van der Waals surface area (Å²) < 4.78 is 5.46. The van der Waals surface area contributed by atoms with Crippen LogP contribution < -0.4 is 4.74 Å². The Hall–Kier alpha value is -0.740. The number of carbonyl (C=O) groups is 1. The van der Waals surface area contributed by atoms with Crippen molar-refractivity contribution in [3.05, 3.63) is 28.8 Å². The van der Waals surface area contributed by atoms with Crippen LogP contribution in [-0.4, -0.2) is 17.2 Å². The van der Waals surface area contributed by atoms with E-state index < -0.39 is 12.1 Å². The Morgan fingerprint density at radius 2 is 2.18 bits per heavy atom. The third kappa shape index (κ3) is 3.89. The molecule has 5 heteroatoms. The number of rotatable bonds is 5. The van der Waals surface area contributed by atoms with Crippen molar-refractivity contribution < 1.29 is 14.6 Å². The largest absolute Gasteiger partial charge is 0.478 e. The molecule has 0 aliphatic rings. The predicted octanol–water partition coefficient (Wildman–Crippen LogP) is 3.72. The molecule has 3 nitrogen and oxygen atoms in total. The number of ether oxygens (including phenoxy) is 1. The van der Waals surface area contributed by atoms with Gasteiger partial charge in [-0.3, -0.25) is 0 Å². The predicted molar refractivity (Wildman–Crippen MR) is 71.0 cm³/mol.